The second-order valence-corrected chi connectivity index (χ2v) is 4.23. The minimum Gasteiger partial charge on any atom is -0.477 e. The number of hydrogen-bond acceptors (Lipinski definition) is 2. The minimum absolute atomic E-state index is 0.0979. The number of allylic oxidation sites excluding steroid dienone is 3. The van der Waals surface area contributed by atoms with Crippen LogP contribution in [0.4, 0.5) is 0 Å². The van der Waals surface area contributed by atoms with Crippen LogP contribution in [0.15, 0.2) is 28.6 Å². The van der Waals surface area contributed by atoms with E-state index >= 15 is 0 Å². The molecule has 0 N–H and O–H groups in total. The summed E-state index contributed by atoms with van der Waals surface area (Å²) in [7, 11) is 0. The molecule has 2 aliphatic rings. The highest BCUT2D eigenvalue weighted by Gasteiger charge is 2.20. The van der Waals surface area contributed by atoms with Crippen molar-refractivity contribution in [3.63, 3.8) is 0 Å². The summed E-state index contributed by atoms with van der Waals surface area (Å²) < 4.78 is 5.53. The highest BCUT2D eigenvalue weighted by molar-refractivity contribution is 5.70. The number of aliphatic imine (C=N–C) groups is 1. The monoisotopic (exact) mass is 191 g/mol. The van der Waals surface area contributed by atoms with E-state index in [1.54, 1.807) is 0 Å². The van der Waals surface area contributed by atoms with Crippen molar-refractivity contribution in [2.24, 2.45) is 10.4 Å². The number of nitrogens with zero attached hydrogens (tertiary/aromatic N) is 1. The number of rotatable bonds is 1. The van der Waals surface area contributed by atoms with Crippen LogP contribution < -0.4 is 0 Å². The van der Waals surface area contributed by atoms with E-state index in [0.29, 0.717) is 0 Å². The molecule has 2 aliphatic heterocycles. The molecule has 0 aromatic carbocycles. The third kappa shape index (κ3) is 1.74. The first-order valence-electron chi connectivity index (χ1n) is 5.34. The van der Waals surface area contributed by atoms with Crippen LogP contribution in [-0.2, 0) is 4.74 Å². The average molecular weight is 191 g/mol. The summed E-state index contributed by atoms with van der Waals surface area (Å²) in [4.78, 5) is 4.44. The van der Waals surface area contributed by atoms with Gasteiger partial charge in [0.15, 0.2) is 0 Å². The normalized spacial score (nSPS) is 31.0. The Morgan fingerprint density at radius 1 is 1.57 bits per heavy atom. The predicted octanol–water partition coefficient (Wildman–Crippen LogP) is 3.07. The second kappa shape index (κ2) is 3.60. The third-order valence-electron chi connectivity index (χ3n) is 3.01. The first kappa shape index (κ1) is 9.50. The van der Waals surface area contributed by atoms with Crippen molar-refractivity contribution in [3.05, 3.63) is 23.6 Å². The Morgan fingerprint density at radius 3 is 3.21 bits per heavy atom. The molecule has 1 atom stereocenters. The van der Waals surface area contributed by atoms with Crippen molar-refractivity contribution in [2.75, 3.05) is 6.61 Å². The summed E-state index contributed by atoms with van der Waals surface area (Å²) in [6.45, 7) is 5.19. The van der Waals surface area contributed by atoms with E-state index < -0.39 is 0 Å². The molecule has 0 aromatic heterocycles. The molecular weight excluding hydrogens is 174 g/mol. The molecule has 2 heterocycles. The number of ether oxygens (including phenoxy) is 1. The summed E-state index contributed by atoms with van der Waals surface area (Å²) >= 11 is 0. The van der Waals surface area contributed by atoms with Gasteiger partial charge >= 0.3 is 0 Å². The molecular formula is C12H17NO. The molecule has 0 spiro atoms. The zero-order chi connectivity index (χ0) is 10.0. The maximum Gasteiger partial charge on any atom is 0.216 e. The molecule has 0 fully saturated rings. The van der Waals surface area contributed by atoms with Crippen LogP contribution in [0.3, 0.4) is 0 Å². The van der Waals surface area contributed by atoms with Gasteiger partial charge in [-0.15, -0.1) is 0 Å². The van der Waals surface area contributed by atoms with Gasteiger partial charge in [0.2, 0.25) is 5.88 Å². The van der Waals surface area contributed by atoms with Gasteiger partial charge in [-0.25, -0.2) is 4.99 Å². The van der Waals surface area contributed by atoms with Gasteiger partial charge in [-0.3, -0.25) is 0 Å². The van der Waals surface area contributed by atoms with Crippen LogP contribution >= 0.6 is 0 Å². The largest absolute Gasteiger partial charge is 0.477 e. The summed E-state index contributed by atoms with van der Waals surface area (Å²) in [5, 5.41) is 0. The number of hydrogen-bond donors (Lipinski definition) is 0. The van der Waals surface area contributed by atoms with E-state index in [2.05, 4.69) is 31.0 Å². The SMILES string of the molecule is CCC1(C)C=CC2=C(N=C1)OCCC2. The lowest BCUT2D eigenvalue weighted by Crippen LogP contribution is -2.12. The van der Waals surface area contributed by atoms with Crippen LogP contribution in [-0.4, -0.2) is 12.8 Å². The minimum atomic E-state index is 0.0979. The fourth-order valence-corrected chi connectivity index (χ4v) is 1.66. The Bertz CT molecular complexity index is 286. The van der Waals surface area contributed by atoms with Gasteiger partial charge in [0.1, 0.15) is 0 Å². The van der Waals surface area contributed by atoms with Crippen LogP contribution in [0, 0.1) is 5.41 Å². The predicted molar refractivity (Wildman–Crippen MR) is 58.2 cm³/mol. The summed E-state index contributed by atoms with van der Waals surface area (Å²) in [6.07, 6.45) is 9.73. The average Bonchev–Trinajstić information content (AvgIpc) is 2.40. The van der Waals surface area contributed by atoms with Gasteiger partial charge in [0, 0.05) is 17.2 Å². The molecule has 0 aliphatic carbocycles. The van der Waals surface area contributed by atoms with Gasteiger partial charge in [-0.05, 0) is 19.3 Å². The molecule has 0 saturated carbocycles. The zero-order valence-corrected chi connectivity index (χ0v) is 8.92. The molecule has 0 bridgehead atoms. The fourth-order valence-electron chi connectivity index (χ4n) is 1.66. The third-order valence-corrected chi connectivity index (χ3v) is 3.01. The van der Waals surface area contributed by atoms with E-state index in [1.165, 1.54) is 5.57 Å². The summed E-state index contributed by atoms with van der Waals surface area (Å²) in [6, 6.07) is 0. The molecule has 0 radical (unpaired) electrons. The highest BCUT2D eigenvalue weighted by atomic mass is 16.5. The zero-order valence-electron chi connectivity index (χ0n) is 8.92. The second-order valence-electron chi connectivity index (χ2n) is 4.23. The molecule has 2 rings (SSSR count). The van der Waals surface area contributed by atoms with Crippen molar-refractivity contribution in [2.45, 2.75) is 33.1 Å². The molecule has 1 unspecified atom stereocenters. The lowest BCUT2D eigenvalue weighted by atomic mass is 9.88. The molecule has 76 valence electrons. The summed E-state index contributed by atoms with van der Waals surface area (Å²) in [5.74, 6) is 0.838. The standard InChI is InChI=1S/C12H17NO/c1-3-12(2)7-6-10-5-4-8-14-11(10)13-9-12/h6-7,9H,3-5,8H2,1-2H3. The van der Waals surface area contributed by atoms with Crippen molar-refractivity contribution in [1.29, 1.82) is 0 Å². The van der Waals surface area contributed by atoms with E-state index in [9.17, 15) is 0 Å². The Hall–Kier alpha value is -1.05. The molecule has 0 saturated heterocycles. The maximum atomic E-state index is 5.53. The van der Waals surface area contributed by atoms with Crippen molar-refractivity contribution >= 4 is 6.21 Å². The molecule has 0 aromatic rings. The lowest BCUT2D eigenvalue weighted by molar-refractivity contribution is 0.187. The van der Waals surface area contributed by atoms with Crippen molar-refractivity contribution in [3.8, 4) is 0 Å². The van der Waals surface area contributed by atoms with Crippen LogP contribution in [0.2, 0.25) is 0 Å². The van der Waals surface area contributed by atoms with E-state index in [1.807, 2.05) is 6.21 Å². The molecule has 2 heteroatoms. The summed E-state index contributed by atoms with van der Waals surface area (Å²) in [5.41, 5.74) is 1.35. The topological polar surface area (TPSA) is 21.6 Å². The van der Waals surface area contributed by atoms with Crippen LogP contribution in [0.25, 0.3) is 0 Å². The van der Waals surface area contributed by atoms with E-state index in [0.717, 1.165) is 31.8 Å². The van der Waals surface area contributed by atoms with Crippen molar-refractivity contribution in [1.82, 2.24) is 0 Å². The van der Waals surface area contributed by atoms with Gasteiger partial charge in [-0.2, -0.15) is 0 Å². The van der Waals surface area contributed by atoms with Gasteiger partial charge in [0.25, 0.3) is 0 Å². The molecule has 2 nitrogen and oxygen atoms in total. The Labute approximate surface area is 85.4 Å². The van der Waals surface area contributed by atoms with Crippen LogP contribution in [0.5, 0.6) is 0 Å². The first-order chi connectivity index (χ1) is 6.73. The van der Waals surface area contributed by atoms with Gasteiger partial charge < -0.3 is 4.74 Å². The Kier molecular flexibility index (Phi) is 2.44. The lowest BCUT2D eigenvalue weighted by Gasteiger charge is -2.16. The maximum absolute atomic E-state index is 5.53. The Morgan fingerprint density at radius 2 is 2.43 bits per heavy atom. The van der Waals surface area contributed by atoms with E-state index in [-0.39, 0.29) is 5.41 Å². The van der Waals surface area contributed by atoms with Gasteiger partial charge in [-0.1, -0.05) is 26.0 Å². The quantitative estimate of drug-likeness (QED) is 0.624. The fraction of sp³-hybridized carbons (Fsp3) is 0.583. The highest BCUT2D eigenvalue weighted by Crippen LogP contribution is 2.29. The molecule has 14 heavy (non-hydrogen) atoms. The van der Waals surface area contributed by atoms with Gasteiger partial charge in [0.05, 0.1) is 6.61 Å². The first-order valence-corrected chi connectivity index (χ1v) is 5.34. The molecule has 0 amide bonds. The smallest absolute Gasteiger partial charge is 0.216 e. The van der Waals surface area contributed by atoms with E-state index in [4.69, 9.17) is 4.74 Å². The van der Waals surface area contributed by atoms with Crippen molar-refractivity contribution < 1.29 is 4.74 Å². The van der Waals surface area contributed by atoms with Crippen LogP contribution in [0.1, 0.15) is 33.1 Å². The Balaban J connectivity index is 2.29.